The third-order valence-electron chi connectivity index (χ3n) is 3.84. The second-order valence-corrected chi connectivity index (χ2v) is 5.46. The first-order chi connectivity index (χ1) is 10.8. The molecule has 0 spiro atoms. The van der Waals surface area contributed by atoms with Crippen molar-refractivity contribution in [1.29, 1.82) is 0 Å². The zero-order valence-electron chi connectivity index (χ0n) is 12.0. The van der Waals surface area contributed by atoms with Gasteiger partial charge in [0.05, 0.1) is 5.56 Å². The SMILES string of the molecule is O=C1/C(=C/c2cccc(C(F)(F)F)c2)CCc2cc(O)ccc21. The molecule has 0 saturated carbocycles. The molecule has 2 aromatic rings. The van der Waals surface area contributed by atoms with Gasteiger partial charge in [-0.15, -0.1) is 0 Å². The van der Waals surface area contributed by atoms with Crippen LogP contribution in [0.5, 0.6) is 5.75 Å². The number of hydrogen-bond donors (Lipinski definition) is 1. The van der Waals surface area contributed by atoms with E-state index in [1.54, 1.807) is 18.2 Å². The van der Waals surface area contributed by atoms with E-state index in [1.165, 1.54) is 18.2 Å². The van der Waals surface area contributed by atoms with Gasteiger partial charge in [0.25, 0.3) is 0 Å². The maximum atomic E-state index is 12.7. The molecule has 0 atom stereocenters. The monoisotopic (exact) mass is 318 g/mol. The average molecular weight is 318 g/mol. The highest BCUT2D eigenvalue weighted by Crippen LogP contribution is 2.32. The normalized spacial score (nSPS) is 16.5. The molecule has 1 aliphatic carbocycles. The van der Waals surface area contributed by atoms with Gasteiger partial charge >= 0.3 is 6.18 Å². The van der Waals surface area contributed by atoms with Gasteiger partial charge in [-0.05, 0) is 60.4 Å². The highest BCUT2D eigenvalue weighted by Gasteiger charge is 2.30. The lowest BCUT2D eigenvalue weighted by molar-refractivity contribution is -0.137. The molecule has 2 nitrogen and oxygen atoms in total. The summed E-state index contributed by atoms with van der Waals surface area (Å²) in [6.45, 7) is 0. The van der Waals surface area contributed by atoms with Crippen molar-refractivity contribution in [2.45, 2.75) is 19.0 Å². The zero-order chi connectivity index (χ0) is 16.6. The summed E-state index contributed by atoms with van der Waals surface area (Å²) in [7, 11) is 0. The number of hydrogen-bond acceptors (Lipinski definition) is 2. The van der Waals surface area contributed by atoms with Crippen molar-refractivity contribution in [1.82, 2.24) is 0 Å². The van der Waals surface area contributed by atoms with Gasteiger partial charge in [0.15, 0.2) is 5.78 Å². The molecule has 0 heterocycles. The average Bonchev–Trinajstić information content (AvgIpc) is 2.49. The van der Waals surface area contributed by atoms with E-state index in [0.717, 1.165) is 17.7 Å². The van der Waals surface area contributed by atoms with Gasteiger partial charge in [0.2, 0.25) is 0 Å². The van der Waals surface area contributed by atoms with Crippen molar-refractivity contribution in [3.8, 4) is 5.75 Å². The van der Waals surface area contributed by atoms with E-state index in [2.05, 4.69) is 0 Å². The van der Waals surface area contributed by atoms with E-state index >= 15 is 0 Å². The van der Waals surface area contributed by atoms with Crippen molar-refractivity contribution in [2.75, 3.05) is 0 Å². The fourth-order valence-electron chi connectivity index (χ4n) is 2.71. The predicted octanol–water partition coefficient (Wildman–Crippen LogP) is 4.62. The fraction of sp³-hybridized carbons (Fsp3) is 0.167. The molecule has 0 unspecified atom stereocenters. The second-order valence-electron chi connectivity index (χ2n) is 5.46. The molecule has 3 rings (SSSR count). The summed E-state index contributed by atoms with van der Waals surface area (Å²) < 4.78 is 38.2. The summed E-state index contributed by atoms with van der Waals surface area (Å²) in [5, 5.41) is 9.45. The van der Waals surface area contributed by atoms with E-state index < -0.39 is 11.7 Å². The number of phenols is 1. The fourth-order valence-corrected chi connectivity index (χ4v) is 2.71. The number of benzene rings is 2. The molecule has 0 bridgehead atoms. The number of allylic oxidation sites excluding steroid dienone is 1. The highest BCUT2D eigenvalue weighted by atomic mass is 19.4. The standard InChI is InChI=1S/C18H13F3O2/c19-18(20,21)14-3-1-2-11(9-14)8-13-5-4-12-10-15(22)6-7-16(12)17(13)23/h1-3,6-10,22H,4-5H2/b13-8+. The summed E-state index contributed by atoms with van der Waals surface area (Å²) >= 11 is 0. The Bertz CT molecular complexity index is 804. The zero-order valence-corrected chi connectivity index (χ0v) is 12.0. The van der Waals surface area contributed by atoms with Crippen LogP contribution in [0.3, 0.4) is 0 Å². The van der Waals surface area contributed by atoms with Crippen LogP contribution in [-0.2, 0) is 12.6 Å². The van der Waals surface area contributed by atoms with Gasteiger partial charge in [0.1, 0.15) is 5.75 Å². The summed E-state index contributed by atoms with van der Waals surface area (Å²) in [6.07, 6.45) is -1.89. The van der Waals surface area contributed by atoms with Crippen LogP contribution in [0.4, 0.5) is 13.2 Å². The quantitative estimate of drug-likeness (QED) is 0.779. The molecule has 1 N–H and O–H groups in total. The second kappa shape index (κ2) is 5.57. The van der Waals surface area contributed by atoms with Gasteiger partial charge < -0.3 is 5.11 Å². The Morgan fingerprint density at radius 2 is 1.83 bits per heavy atom. The lowest BCUT2D eigenvalue weighted by Crippen LogP contribution is -2.14. The molecule has 1 aliphatic rings. The first-order valence-corrected chi connectivity index (χ1v) is 7.09. The summed E-state index contributed by atoms with van der Waals surface area (Å²) in [6, 6.07) is 9.44. The number of carbonyl (C=O) groups is 1. The molecule has 5 heteroatoms. The van der Waals surface area contributed by atoms with Gasteiger partial charge in [-0.3, -0.25) is 4.79 Å². The third-order valence-corrected chi connectivity index (χ3v) is 3.84. The molecule has 2 aromatic carbocycles. The minimum atomic E-state index is -4.41. The molecule has 0 aromatic heterocycles. The lowest BCUT2D eigenvalue weighted by Gasteiger charge is -2.17. The first kappa shape index (κ1) is 15.3. The minimum Gasteiger partial charge on any atom is -0.508 e. The van der Waals surface area contributed by atoms with Gasteiger partial charge in [-0.25, -0.2) is 0 Å². The summed E-state index contributed by atoms with van der Waals surface area (Å²) in [5.74, 6) is -0.106. The van der Waals surface area contributed by atoms with E-state index in [4.69, 9.17) is 0 Å². The number of fused-ring (bicyclic) bond motifs is 1. The van der Waals surface area contributed by atoms with Crippen molar-refractivity contribution >= 4 is 11.9 Å². The van der Waals surface area contributed by atoms with Crippen molar-refractivity contribution in [2.24, 2.45) is 0 Å². The van der Waals surface area contributed by atoms with Crippen LogP contribution in [0.1, 0.15) is 33.5 Å². The molecule has 0 aliphatic heterocycles. The Hall–Kier alpha value is -2.56. The van der Waals surface area contributed by atoms with Crippen LogP contribution in [0.2, 0.25) is 0 Å². The number of aryl methyl sites for hydroxylation is 1. The topological polar surface area (TPSA) is 37.3 Å². The Morgan fingerprint density at radius 3 is 2.57 bits per heavy atom. The van der Waals surface area contributed by atoms with E-state index in [0.29, 0.717) is 29.5 Å². The lowest BCUT2D eigenvalue weighted by atomic mass is 9.86. The number of aromatic hydroxyl groups is 1. The van der Waals surface area contributed by atoms with Gasteiger partial charge in [-0.2, -0.15) is 13.2 Å². The number of phenolic OH excluding ortho intramolecular Hbond substituents is 1. The Morgan fingerprint density at radius 1 is 1.04 bits per heavy atom. The Kier molecular flexibility index (Phi) is 3.72. The molecular formula is C18H13F3O2. The minimum absolute atomic E-state index is 0.0989. The number of ketones is 1. The molecule has 118 valence electrons. The van der Waals surface area contributed by atoms with Crippen molar-refractivity contribution < 1.29 is 23.1 Å². The van der Waals surface area contributed by atoms with Crippen molar-refractivity contribution in [3.63, 3.8) is 0 Å². The maximum absolute atomic E-state index is 12.7. The van der Waals surface area contributed by atoms with Gasteiger partial charge in [-0.1, -0.05) is 12.1 Å². The number of carbonyl (C=O) groups excluding carboxylic acids is 1. The van der Waals surface area contributed by atoms with Crippen LogP contribution >= 0.6 is 0 Å². The van der Waals surface area contributed by atoms with Crippen LogP contribution in [0.25, 0.3) is 6.08 Å². The smallest absolute Gasteiger partial charge is 0.416 e. The third kappa shape index (κ3) is 3.13. The molecule has 0 fully saturated rings. The van der Waals surface area contributed by atoms with Crippen molar-refractivity contribution in [3.05, 3.63) is 70.3 Å². The van der Waals surface area contributed by atoms with Crippen LogP contribution < -0.4 is 0 Å². The molecule has 23 heavy (non-hydrogen) atoms. The largest absolute Gasteiger partial charge is 0.508 e. The summed E-state index contributed by atoms with van der Waals surface area (Å²) in [5.41, 5.74) is 1.34. The van der Waals surface area contributed by atoms with E-state index in [9.17, 15) is 23.1 Å². The molecular weight excluding hydrogens is 305 g/mol. The maximum Gasteiger partial charge on any atom is 0.416 e. The Labute approximate surface area is 130 Å². The number of halogens is 3. The number of alkyl halides is 3. The Balaban J connectivity index is 1.95. The predicted molar refractivity (Wildman–Crippen MR) is 80.2 cm³/mol. The molecule has 0 saturated heterocycles. The van der Waals surface area contributed by atoms with E-state index in [-0.39, 0.29) is 11.5 Å². The van der Waals surface area contributed by atoms with E-state index in [1.807, 2.05) is 0 Å². The number of rotatable bonds is 1. The van der Waals surface area contributed by atoms with Crippen LogP contribution in [0.15, 0.2) is 48.0 Å². The van der Waals surface area contributed by atoms with Crippen LogP contribution in [0, 0.1) is 0 Å². The number of Topliss-reactive ketones (excluding diaryl/α,β-unsaturated/α-hetero) is 1. The molecule has 0 radical (unpaired) electrons. The summed E-state index contributed by atoms with van der Waals surface area (Å²) in [4.78, 5) is 12.4. The van der Waals surface area contributed by atoms with Crippen LogP contribution in [-0.4, -0.2) is 10.9 Å². The van der Waals surface area contributed by atoms with Gasteiger partial charge in [0, 0.05) is 11.1 Å². The highest BCUT2D eigenvalue weighted by molar-refractivity contribution is 6.13. The first-order valence-electron chi connectivity index (χ1n) is 7.09. The molecule has 0 amide bonds.